The number of nitrogens with zero attached hydrogens (tertiary/aromatic N) is 2. The summed E-state index contributed by atoms with van der Waals surface area (Å²) in [7, 11) is 0. The fourth-order valence-electron chi connectivity index (χ4n) is 1.67. The van der Waals surface area contributed by atoms with Crippen LogP contribution >= 0.6 is 0 Å². The van der Waals surface area contributed by atoms with Gasteiger partial charge in [-0.2, -0.15) is 13.2 Å². The molecule has 1 fully saturated rings. The van der Waals surface area contributed by atoms with Crippen molar-refractivity contribution in [3.05, 3.63) is 4.91 Å². The van der Waals surface area contributed by atoms with Crippen molar-refractivity contribution in [2.24, 2.45) is 16.6 Å². The van der Waals surface area contributed by atoms with Crippen molar-refractivity contribution in [2.45, 2.75) is 13.1 Å². The molecule has 8 heteroatoms. The fourth-order valence-corrected chi connectivity index (χ4v) is 1.67. The van der Waals surface area contributed by atoms with Crippen LogP contribution < -0.4 is 0 Å². The van der Waals surface area contributed by atoms with Gasteiger partial charge in [-0.15, -0.1) is 4.91 Å². The van der Waals surface area contributed by atoms with Crippen LogP contribution in [0.4, 0.5) is 13.2 Å². The van der Waals surface area contributed by atoms with Gasteiger partial charge in [0.2, 0.25) is 0 Å². The Bertz CT molecular complexity index is 294. The SMILES string of the molecule is CC1(C(F)(F)F)CN(N=O)CC1C(=O)O. The minimum absolute atomic E-state index is 0.505. The molecular formula is C7H9F3N2O3. The number of aliphatic carboxylic acids is 1. The summed E-state index contributed by atoms with van der Waals surface area (Å²) in [6.45, 7) is -0.428. The molecule has 0 radical (unpaired) electrons. The van der Waals surface area contributed by atoms with E-state index < -0.39 is 36.6 Å². The van der Waals surface area contributed by atoms with Crippen LogP contribution in [0.25, 0.3) is 0 Å². The van der Waals surface area contributed by atoms with Gasteiger partial charge in [0, 0.05) is 0 Å². The van der Waals surface area contributed by atoms with E-state index in [0.717, 1.165) is 6.92 Å². The molecule has 1 aliphatic rings. The molecule has 1 N–H and O–H groups in total. The second-order valence-electron chi connectivity index (χ2n) is 3.73. The lowest BCUT2D eigenvalue weighted by molar-refractivity contribution is -0.228. The molecule has 0 spiro atoms. The molecule has 1 saturated heterocycles. The molecule has 2 unspecified atom stereocenters. The molecule has 1 heterocycles. The largest absolute Gasteiger partial charge is 0.481 e. The van der Waals surface area contributed by atoms with Gasteiger partial charge >= 0.3 is 12.1 Å². The summed E-state index contributed by atoms with van der Waals surface area (Å²) in [5.74, 6) is -3.23. The highest BCUT2D eigenvalue weighted by Gasteiger charge is 2.63. The van der Waals surface area contributed by atoms with Crippen molar-refractivity contribution in [1.29, 1.82) is 0 Å². The summed E-state index contributed by atoms with van der Waals surface area (Å²) < 4.78 is 37.9. The van der Waals surface area contributed by atoms with E-state index in [1.165, 1.54) is 0 Å². The fraction of sp³-hybridized carbons (Fsp3) is 0.857. The van der Waals surface area contributed by atoms with Crippen LogP contribution in [0.15, 0.2) is 5.29 Å². The van der Waals surface area contributed by atoms with Gasteiger partial charge in [0.15, 0.2) is 0 Å². The van der Waals surface area contributed by atoms with Crippen LogP contribution in [0.3, 0.4) is 0 Å². The Kier molecular flexibility index (Phi) is 2.62. The average molecular weight is 226 g/mol. The minimum Gasteiger partial charge on any atom is -0.481 e. The Hall–Kier alpha value is -1.34. The molecule has 0 saturated carbocycles. The number of alkyl halides is 3. The number of nitroso groups, excluding NO2 is 1. The van der Waals surface area contributed by atoms with Crippen molar-refractivity contribution in [2.75, 3.05) is 13.1 Å². The Balaban J connectivity index is 3.05. The quantitative estimate of drug-likeness (QED) is 0.719. The monoisotopic (exact) mass is 226 g/mol. The molecule has 2 atom stereocenters. The van der Waals surface area contributed by atoms with Crippen molar-refractivity contribution in [3.63, 3.8) is 0 Å². The van der Waals surface area contributed by atoms with Gasteiger partial charge in [-0.1, -0.05) is 0 Å². The molecule has 0 bridgehead atoms. The number of hydrogen-bond acceptors (Lipinski definition) is 3. The zero-order valence-electron chi connectivity index (χ0n) is 7.78. The van der Waals surface area contributed by atoms with E-state index in [9.17, 15) is 22.9 Å². The minimum atomic E-state index is -4.67. The number of carboxylic acid groups (broad SMARTS) is 1. The summed E-state index contributed by atoms with van der Waals surface area (Å²) in [4.78, 5) is 20.8. The van der Waals surface area contributed by atoms with E-state index in [1.54, 1.807) is 0 Å². The van der Waals surface area contributed by atoms with Gasteiger partial charge in [0.05, 0.1) is 29.7 Å². The topological polar surface area (TPSA) is 70.0 Å². The van der Waals surface area contributed by atoms with E-state index in [4.69, 9.17) is 5.11 Å². The zero-order chi connectivity index (χ0) is 11.9. The number of halogens is 3. The predicted molar refractivity (Wildman–Crippen MR) is 42.7 cm³/mol. The molecule has 0 aliphatic carbocycles. The second-order valence-corrected chi connectivity index (χ2v) is 3.73. The average Bonchev–Trinajstić information content (AvgIpc) is 2.43. The second kappa shape index (κ2) is 3.35. The smallest absolute Gasteiger partial charge is 0.396 e. The molecule has 5 nitrogen and oxygen atoms in total. The van der Waals surface area contributed by atoms with Crippen LogP contribution in [0.5, 0.6) is 0 Å². The van der Waals surface area contributed by atoms with Crippen LogP contribution in [0.2, 0.25) is 0 Å². The first kappa shape index (κ1) is 11.7. The highest BCUT2D eigenvalue weighted by atomic mass is 19.4. The first-order chi connectivity index (χ1) is 6.72. The lowest BCUT2D eigenvalue weighted by Crippen LogP contribution is -2.44. The molecule has 15 heavy (non-hydrogen) atoms. The van der Waals surface area contributed by atoms with Gasteiger partial charge in [-0.25, -0.2) is 0 Å². The number of rotatable bonds is 2. The van der Waals surface area contributed by atoms with Gasteiger partial charge in [0.1, 0.15) is 0 Å². The standard InChI is InChI=1S/C7H9F3N2O3/c1-6(7(8,9)10)3-12(11-15)2-4(6)5(13)14/h4H,2-3H2,1H3,(H,13,14). The summed E-state index contributed by atoms with van der Waals surface area (Å²) in [5, 5.41) is 11.6. The normalized spacial score (nSPS) is 31.7. The van der Waals surface area contributed by atoms with Crippen molar-refractivity contribution >= 4 is 5.97 Å². The van der Waals surface area contributed by atoms with E-state index in [0.29, 0.717) is 5.01 Å². The number of carbonyl (C=O) groups is 1. The Morgan fingerprint density at radius 2 is 2.13 bits per heavy atom. The molecule has 0 aromatic heterocycles. The first-order valence-corrected chi connectivity index (χ1v) is 4.10. The third kappa shape index (κ3) is 1.75. The van der Waals surface area contributed by atoms with Crippen LogP contribution in [-0.2, 0) is 4.79 Å². The number of carboxylic acids is 1. The maximum absolute atomic E-state index is 12.6. The molecule has 0 aromatic carbocycles. The van der Waals surface area contributed by atoms with Crippen molar-refractivity contribution in [1.82, 2.24) is 5.01 Å². The Labute approximate surface area is 82.8 Å². The van der Waals surface area contributed by atoms with E-state index in [-0.39, 0.29) is 0 Å². The van der Waals surface area contributed by atoms with E-state index in [1.807, 2.05) is 0 Å². The summed E-state index contributed by atoms with van der Waals surface area (Å²) in [5.41, 5.74) is -2.42. The first-order valence-electron chi connectivity index (χ1n) is 4.10. The van der Waals surface area contributed by atoms with Crippen molar-refractivity contribution in [3.8, 4) is 0 Å². The van der Waals surface area contributed by atoms with Gasteiger partial charge in [-0.3, -0.25) is 9.80 Å². The molecule has 0 aromatic rings. The third-order valence-corrected chi connectivity index (χ3v) is 2.73. The zero-order valence-corrected chi connectivity index (χ0v) is 7.78. The molecule has 1 rings (SSSR count). The lowest BCUT2D eigenvalue weighted by Gasteiger charge is -2.29. The maximum atomic E-state index is 12.6. The summed E-state index contributed by atoms with van der Waals surface area (Å²) in [6, 6.07) is 0. The van der Waals surface area contributed by atoms with E-state index in [2.05, 4.69) is 5.29 Å². The Morgan fingerprint density at radius 3 is 2.40 bits per heavy atom. The highest BCUT2D eigenvalue weighted by Crippen LogP contribution is 2.48. The van der Waals surface area contributed by atoms with Crippen LogP contribution in [0.1, 0.15) is 6.92 Å². The maximum Gasteiger partial charge on any atom is 0.396 e. The molecule has 86 valence electrons. The summed E-state index contributed by atoms with van der Waals surface area (Å²) >= 11 is 0. The van der Waals surface area contributed by atoms with E-state index >= 15 is 0 Å². The molecular weight excluding hydrogens is 217 g/mol. The lowest BCUT2D eigenvalue weighted by atomic mass is 9.79. The van der Waals surface area contributed by atoms with Crippen LogP contribution in [0, 0.1) is 16.2 Å². The van der Waals surface area contributed by atoms with Gasteiger partial charge in [-0.05, 0) is 6.92 Å². The van der Waals surface area contributed by atoms with Gasteiger partial charge < -0.3 is 5.11 Å². The Morgan fingerprint density at radius 1 is 1.60 bits per heavy atom. The molecule has 1 aliphatic heterocycles. The molecule has 0 amide bonds. The summed E-state index contributed by atoms with van der Waals surface area (Å²) in [6.07, 6.45) is -4.67. The van der Waals surface area contributed by atoms with Gasteiger partial charge in [0.25, 0.3) is 0 Å². The predicted octanol–water partition coefficient (Wildman–Crippen LogP) is 1.25. The number of hydrogen-bond donors (Lipinski definition) is 1. The van der Waals surface area contributed by atoms with Crippen LogP contribution in [-0.4, -0.2) is 35.4 Å². The highest BCUT2D eigenvalue weighted by molar-refractivity contribution is 5.72. The third-order valence-electron chi connectivity index (χ3n) is 2.73. The van der Waals surface area contributed by atoms with Crippen molar-refractivity contribution < 1.29 is 23.1 Å².